The van der Waals surface area contributed by atoms with Crippen molar-refractivity contribution in [1.82, 2.24) is 14.9 Å². The molecule has 39 heavy (non-hydrogen) atoms. The Morgan fingerprint density at radius 2 is 1.87 bits per heavy atom. The monoisotopic (exact) mass is 572 g/mol. The molecule has 0 bridgehead atoms. The van der Waals surface area contributed by atoms with Gasteiger partial charge in [-0.3, -0.25) is 19.1 Å². The largest absolute Gasteiger partial charge is 0.444 e. The number of hydrogen-bond acceptors (Lipinski definition) is 9. The number of aliphatic hydroxyl groups is 1. The molecule has 3 aliphatic rings. The van der Waals surface area contributed by atoms with Crippen molar-refractivity contribution in [3.05, 3.63) is 12.2 Å². The average molecular weight is 573 g/mol. The zero-order chi connectivity index (χ0) is 29.0. The van der Waals surface area contributed by atoms with Crippen molar-refractivity contribution in [3.63, 3.8) is 0 Å². The zero-order valence-electron chi connectivity index (χ0n) is 22.6. The first-order chi connectivity index (χ1) is 18.2. The molecule has 1 saturated heterocycles. The summed E-state index contributed by atoms with van der Waals surface area (Å²) in [6, 6.07) is -2.14. The van der Waals surface area contributed by atoms with E-state index in [-0.39, 0.29) is 38.0 Å². The molecule has 14 heteroatoms. The molecule has 13 nitrogen and oxygen atoms in total. The molecule has 5 N–H and O–H groups in total. The van der Waals surface area contributed by atoms with Crippen LogP contribution in [0.4, 0.5) is 4.79 Å². The molecule has 2 saturated carbocycles. The van der Waals surface area contributed by atoms with Crippen molar-refractivity contribution in [2.24, 2.45) is 17.6 Å². The molecule has 0 radical (unpaired) electrons. The van der Waals surface area contributed by atoms with Crippen LogP contribution in [-0.4, -0.2) is 91.0 Å². The Labute approximate surface area is 228 Å². The fourth-order valence-corrected chi connectivity index (χ4v) is 5.69. The van der Waals surface area contributed by atoms with Crippen molar-refractivity contribution < 1.29 is 42.2 Å². The number of nitrogens with one attached hydrogen (secondary N) is 2. The fraction of sp³-hybridized carbons (Fsp3) is 0.760. The van der Waals surface area contributed by atoms with Gasteiger partial charge in [0.1, 0.15) is 17.7 Å². The van der Waals surface area contributed by atoms with E-state index in [4.69, 9.17) is 15.2 Å². The number of aliphatic hydroxyl groups excluding tert-OH is 1. The molecule has 0 aromatic heterocycles. The van der Waals surface area contributed by atoms with Crippen molar-refractivity contribution in [3.8, 4) is 0 Å². The van der Waals surface area contributed by atoms with Gasteiger partial charge in [0.25, 0.3) is 0 Å². The van der Waals surface area contributed by atoms with Crippen molar-refractivity contribution >= 4 is 33.8 Å². The van der Waals surface area contributed by atoms with E-state index in [0.29, 0.717) is 32.1 Å². The van der Waals surface area contributed by atoms with E-state index in [2.05, 4.69) is 10.0 Å². The first-order valence-corrected chi connectivity index (χ1v) is 14.8. The lowest BCUT2D eigenvalue weighted by atomic mass is 10.1. The lowest BCUT2D eigenvalue weighted by Gasteiger charge is -2.28. The minimum absolute atomic E-state index is 0.00867. The minimum atomic E-state index is -3.53. The minimum Gasteiger partial charge on any atom is -0.444 e. The third-order valence-electron chi connectivity index (χ3n) is 6.59. The van der Waals surface area contributed by atoms with Gasteiger partial charge in [-0.15, -0.1) is 0 Å². The number of carbonyl (C=O) groups excluding carboxylic acids is 4. The van der Waals surface area contributed by atoms with Gasteiger partial charge in [-0.2, -0.15) is 0 Å². The quantitative estimate of drug-likeness (QED) is 0.172. The number of sulfonamides is 1. The second-order valence-electron chi connectivity index (χ2n) is 11.4. The van der Waals surface area contributed by atoms with Gasteiger partial charge in [0.05, 0.1) is 18.0 Å². The second-order valence-corrected chi connectivity index (χ2v) is 13.3. The van der Waals surface area contributed by atoms with E-state index in [1.165, 1.54) is 0 Å². The summed E-state index contributed by atoms with van der Waals surface area (Å²) in [7, 11) is -3.53. The summed E-state index contributed by atoms with van der Waals surface area (Å²) >= 11 is 0. The number of hydrogen-bond donors (Lipinski definition) is 4. The predicted octanol–water partition coefficient (Wildman–Crippen LogP) is -0.0757. The van der Waals surface area contributed by atoms with Gasteiger partial charge in [-0.05, 0) is 58.8 Å². The molecule has 0 aromatic rings. The van der Waals surface area contributed by atoms with Gasteiger partial charge in [0, 0.05) is 25.5 Å². The Bertz CT molecular complexity index is 1070. The number of allylic oxidation sites excluding steroid dienone is 2. The highest BCUT2D eigenvalue weighted by Crippen LogP contribution is 2.40. The number of likely N-dealkylation sites (tertiary alicyclic amines) is 1. The van der Waals surface area contributed by atoms with Gasteiger partial charge in [0.2, 0.25) is 27.7 Å². The van der Waals surface area contributed by atoms with Crippen LogP contribution >= 0.6 is 0 Å². The van der Waals surface area contributed by atoms with E-state index >= 15 is 0 Å². The Morgan fingerprint density at radius 3 is 2.49 bits per heavy atom. The Balaban J connectivity index is 1.43. The molecule has 1 aliphatic heterocycles. The first kappa shape index (κ1) is 30.8. The molecule has 4 amide bonds. The molecule has 3 rings (SSSR count). The van der Waals surface area contributed by atoms with Crippen LogP contribution in [0.1, 0.15) is 59.3 Å². The normalized spacial score (nSPS) is 25.8. The molecule has 220 valence electrons. The Morgan fingerprint density at radius 1 is 1.18 bits per heavy atom. The third-order valence-corrected chi connectivity index (χ3v) is 8.42. The summed E-state index contributed by atoms with van der Waals surface area (Å²) in [6.07, 6.45) is 5.12. The summed E-state index contributed by atoms with van der Waals surface area (Å²) in [4.78, 5) is 50.5. The van der Waals surface area contributed by atoms with Crippen LogP contribution in [0.25, 0.3) is 0 Å². The van der Waals surface area contributed by atoms with Crippen LogP contribution < -0.4 is 15.8 Å². The van der Waals surface area contributed by atoms with Gasteiger partial charge in [-0.25, -0.2) is 13.2 Å². The molecule has 0 spiro atoms. The highest BCUT2D eigenvalue weighted by molar-refractivity contribution is 7.90. The molecule has 2 aliphatic carbocycles. The molecule has 5 atom stereocenters. The molecule has 3 fully saturated rings. The van der Waals surface area contributed by atoms with Gasteiger partial charge in [0.15, 0.2) is 0 Å². The summed E-state index contributed by atoms with van der Waals surface area (Å²) in [5, 5.41) is 12.0. The summed E-state index contributed by atoms with van der Waals surface area (Å²) in [6.45, 7) is 5.04. The highest BCUT2D eigenvalue weighted by atomic mass is 32.2. The number of ether oxygens (including phenoxy) is 2. The number of amides is 4. The number of alkyl carbamates (subject to hydrolysis) is 1. The van der Waals surface area contributed by atoms with Crippen LogP contribution in [0.2, 0.25) is 0 Å². The topological polar surface area (TPSA) is 194 Å². The van der Waals surface area contributed by atoms with Crippen molar-refractivity contribution in [1.29, 1.82) is 0 Å². The highest BCUT2D eigenvalue weighted by Gasteiger charge is 2.45. The number of nitrogens with zero attached hydrogens (tertiary/aromatic N) is 1. The van der Waals surface area contributed by atoms with Crippen molar-refractivity contribution in [2.75, 3.05) is 19.8 Å². The average Bonchev–Trinajstić information content (AvgIpc) is 3.73. The summed E-state index contributed by atoms with van der Waals surface area (Å²) in [5.41, 5.74) is 4.60. The van der Waals surface area contributed by atoms with E-state index in [1.807, 2.05) is 12.2 Å². The molecular weight excluding hydrogens is 532 g/mol. The molecule has 0 unspecified atom stereocenters. The maximum atomic E-state index is 13.1. The van der Waals surface area contributed by atoms with Gasteiger partial charge >= 0.3 is 6.09 Å². The second kappa shape index (κ2) is 12.6. The van der Waals surface area contributed by atoms with Gasteiger partial charge < -0.3 is 30.5 Å². The zero-order valence-corrected chi connectivity index (χ0v) is 23.4. The fourth-order valence-electron chi connectivity index (χ4n) is 4.33. The number of nitrogens with two attached hydrogens (primary N) is 1. The smallest absolute Gasteiger partial charge is 0.408 e. The van der Waals surface area contributed by atoms with E-state index in [1.54, 1.807) is 20.8 Å². The van der Waals surface area contributed by atoms with Crippen LogP contribution in [-0.2, 0) is 33.9 Å². The molecular formula is C25H40N4O9S. The number of carbonyl (C=O) groups is 4. The maximum absolute atomic E-state index is 13.1. The predicted molar refractivity (Wildman–Crippen MR) is 139 cm³/mol. The van der Waals surface area contributed by atoms with E-state index in [0.717, 1.165) is 4.90 Å². The van der Waals surface area contributed by atoms with Gasteiger partial charge in [-0.1, -0.05) is 12.2 Å². The van der Waals surface area contributed by atoms with E-state index in [9.17, 15) is 32.7 Å². The lowest BCUT2D eigenvalue weighted by Crippen LogP contribution is -2.55. The SMILES string of the molecule is CC(C)(C)OC(=O)N[C@@H](COCCC/C=C\[C@@H]1C[C@@H]1C(=O)NS(=O)(=O)C1CC1)C(=O)N1C[C@H](O)C[C@H]1C(N)=O. The number of primary amides is 1. The van der Waals surface area contributed by atoms with Crippen LogP contribution in [0.3, 0.4) is 0 Å². The summed E-state index contributed by atoms with van der Waals surface area (Å²) in [5.74, 6) is -2.12. The van der Waals surface area contributed by atoms with E-state index < -0.39 is 62.9 Å². The third kappa shape index (κ3) is 9.46. The Hall–Kier alpha value is -2.71. The van der Waals surface area contributed by atoms with Crippen LogP contribution in [0.5, 0.6) is 0 Å². The van der Waals surface area contributed by atoms with Crippen LogP contribution in [0, 0.1) is 11.8 Å². The maximum Gasteiger partial charge on any atom is 0.408 e. The number of unbranched alkanes of at least 4 members (excludes halogenated alkanes) is 1. The molecule has 1 heterocycles. The van der Waals surface area contributed by atoms with Crippen LogP contribution in [0.15, 0.2) is 12.2 Å². The number of rotatable bonds is 13. The molecule has 0 aromatic carbocycles. The first-order valence-electron chi connectivity index (χ1n) is 13.2. The Kier molecular flexibility index (Phi) is 9.99. The lowest BCUT2D eigenvalue weighted by molar-refractivity contribution is -0.140. The van der Waals surface area contributed by atoms with Crippen molar-refractivity contribution in [2.45, 2.75) is 88.3 Å². The standard InChI is InChI=1S/C25H40N4O9S/c1-25(2,3)38-24(34)27-19(23(33)29-13-16(30)12-20(29)21(26)31)14-37-10-6-4-5-7-15-11-18(15)22(32)28-39(35,36)17-8-9-17/h5,7,15-20,30H,4,6,8-14H2,1-3H3,(H2,26,31)(H,27,34)(H,28,32)/b7-5-/t15-,16-,18+,19+,20+/m1/s1. The number of β-amino-alcohol motifs (C(OH)–C–C–N with tert-alkyl or cyclic N) is 1. The summed E-state index contributed by atoms with van der Waals surface area (Å²) < 4.78 is 36.8.